The van der Waals surface area contributed by atoms with Crippen molar-refractivity contribution in [2.45, 2.75) is 31.8 Å². The van der Waals surface area contributed by atoms with Gasteiger partial charge in [-0.05, 0) is 31.5 Å². The van der Waals surface area contributed by atoms with Crippen LogP contribution in [-0.2, 0) is 11.3 Å². The van der Waals surface area contributed by atoms with Crippen molar-refractivity contribution in [1.82, 2.24) is 15.1 Å². The van der Waals surface area contributed by atoms with Crippen molar-refractivity contribution < 1.29 is 4.79 Å². The largest absolute Gasteiger partial charge is 0.313 e. The Morgan fingerprint density at radius 2 is 2.08 bits per heavy atom. The van der Waals surface area contributed by atoms with Crippen LogP contribution < -0.4 is 10.6 Å². The number of anilines is 1. The van der Waals surface area contributed by atoms with Gasteiger partial charge in [-0.3, -0.25) is 4.79 Å². The third kappa shape index (κ3) is 4.63. The Balaban J connectivity index is 0.00000208. The van der Waals surface area contributed by atoms with Crippen LogP contribution in [0.25, 0.3) is 0 Å². The van der Waals surface area contributed by atoms with Gasteiger partial charge in [0, 0.05) is 34.1 Å². The topological polar surface area (TPSA) is 59.0 Å². The molecule has 1 aliphatic heterocycles. The zero-order valence-corrected chi connectivity index (χ0v) is 15.3. The van der Waals surface area contributed by atoms with E-state index in [9.17, 15) is 4.79 Å². The fraction of sp³-hybridized carbons (Fsp3) is 0.375. The molecule has 0 radical (unpaired) electrons. The van der Waals surface area contributed by atoms with Crippen molar-refractivity contribution in [1.29, 1.82) is 0 Å². The second-order valence-electron chi connectivity index (χ2n) is 5.62. The maximum atomic E-state index is 12.2. The fourth-order valence-corrected chi connectivity index (χ4v) is 3.26. The minimum absolute atomic E-state index is 0. The number of nitrogens with one attached hydrogen (secondary N) is 2. The van der Waals surface area contributed by atoms with Gasteiger partial charge in [0.15, 0.2) is 0 Å². The molecule has 2 heterocycles. The lowest BCUT2D eigenvalue weighted by Crippen LogP contribution is -2.28. The van der Waals surface area contributed by atoms with Crippen LogP contribution in [0, 0.1) is 0 Å². The van der Waals surface area contributed by atoms with Gasteiger partial charge in [-0.15, -0.1) is 12.4 Å². The maximum absolute atomic E-state index is 12.2. The number of benzene rings is 1. The lowest BCUT2D eigenvalue weighted by Gasteiger charge is -2.13. The van der Waals surface area contributed by atoms with E-state index in [2.05, 4.69) is 15.7 Å². The molecule has 0 saturated carbocycles. The Morgan fingerprint density at radius 1 is 1.33 bits per heavy atom. The molecule has 1 aromatic carbocycles. The number of aromatic nitrogens is 2. The first-order valence-corrected chi connectivity index (χ1v) is 8.37. The zero-order valence-electron chi connectivity index (χ0n) is 13.0. The van der Waals surface area contributed by atoms with Gasteiger partial charge in [-0.2, -0.15) is 5.10 Å². The van der Waals surface area contributed by atoms with Crippen LogP contribution in [0.1, 0.15) is 24.8 Å². The summed E-state index contributed by atoms with van der Waals surface area (Å²) in [6.45, 7) is 1.39. The first-order chi connectivity index (χ1) is 11.1. The number of rotatable bonds is 5. The lowest BCUT2D eigenvalue weighted by molar-refractivity contribution is -0.116. The highest BCUT2D eigenvalue weighted by Gasteiger charge is 2.18. The van der Waals surface area contributed by atoms with E-state index in [4.69, 9.17) is 23.2 Å². The van der Waals surface area contributed by atoms with Crippen LogP contribution in [0.15, 0.2) is 30.5 Å². The molecule has 0 spiro atoms. The fourth-order valence-electron chi connectivity index (χ4n) is 2.75. The molecule has 1 fully saturated rings. The molecule has 1 unspecified atom stereocenters. The summed E-state index contributed by atoms with van der Waals surface area (Å²) in [5.74, 6) is 0.625. The Hall–Kier alpha value is -1.27. The van der Waals surface area contributed by atoms with Crippen LogP contribution in [-0.4, -0.2) is 28.3 Å². The summed E-state index contributed by atoms with van der Waals surface area (Å²) >= 11 is 12.4. The molecule has 5 nitrogen and oxygen atoms in total. The standard InChI is InChI=1S/C16H18Cl2N4O.ClH/c17-13-4-1-5-14(18)12(13)10-22-15(6-8-20-22)21-16(23)9-11-3-2-7-19-11;/h1,4-6,8,11,19H,2-3,7,9-10H2,(H,21,23);1H. The number of carbonyl (C=O) groups is 1. The molecule has 1 aliphatic rings. The molecule has 1 atom stereocenters. The monoisotopic (exact) mass is 388 g/mol. The quantitative estimate of drug-likeness (QED) is 0.819. The van der Waals surface area contributed by atoms with E-state index >= 15 is 0 Å². The predicted molar refractivity (Wildman–Crippen MR) is 99.3 cm³/mol. The second kappa shape index (κ2) is 8.72. The third-order valence-electron chi connectivity index (χ3n) is 3.95. The summed E-state index contributed by atoms with van der Waals surface area (Å²) in [7, 11) is 0. The summed E-state index contributed by atoms with van der Waals surface area (Å²) in [4.78, 5) is 12.2. The van der Waals surface area contributed by atoms with E-state index in [1.165, 1.54) is 0 Å². The van der Waals surface area contributed by atoms with Gasteiger partial charge in [0.1, 0.15) is 5.82 Å². The average Bonchev–Trinajstić information content (AvgIpc) is 3.15. The number of hydrogen-bond donors (Lipinski definition) is 2. The van der Waals surface area contributed by atoms with Gasteiger partial charge in [0.25, 0.3) is 0 Å². The van der Waals surface area contributed by atoms with Crippen molar-refractivity contribution in [3.05, 3.63) is 46.1 Å². The molecular weight excluding hydrogens is 371 g/mol. The highest BCUT2D eigenvalue weighted by molar-refractivity contribution is 6.35. The van der Waals surface area contributed by atoms with Crippen molar-refractivity contribution in [2.24, 2.45) is 0 Å². The van der Waals surface area contributed by atoms with Crippen molar-refractivity contribution >= 4 is 47.3 Å². The Morgan fingerprint density at radius 3 is 2.75 bits per heavy atom. The highest BCUT2D eigenvalue weighted by atomic mass is 35.5. The molecule has 130 valence electrons. The Kier molecular flexibility index (Phi) is 6.92. The molecule has 1 saturated heterocycles. The lowest BCUT2D eigenvalue weighted by atomic mass is 10.1. The zero-order chi connectivity index (χ0) is 16.2. The molecule has 1 aromatic heterocycles. The van der Waals surface area contributed by atoms with Crippen molar-refractivity contribution in [3.8, 4) is 0 Å². The molecule has 0 bridgehead atoms. The number of hydrogen-bond acceptors (Lipinski definition) is 3. The molecule has 8 heteroatoms. The average molecular weight is 390 g/mol. The predicted octanol–water partition coefficient (Wildman–Crippen LogP) is 3.74. The van der Waals surface area contributed by atoms with Gasteiger partial charge in [0.05, 0.1) is 12.7 Å². The summed E-state index contributed by atoms with van der Waals surface area (Å²) in [5.41, 5.74) is 0.785. The number of halogens is 3. The molecular formula is C16H19Cl3N4O. The third-order valence-corrected chi connectivity index (χ3v) is 4.66. The van der Waals surface area contributed by atoms with Gasteiger partial charge < -0.3 is 10.6 Å². The van der Waals surface area contributed by atoms with E-state index < -0.39 is 0 Å². The second-order valence-corrected chi connectivity index (χ2v) is 6.43. The van der Waals surface area contributed by atoms with Crippen LogP contribution >= 0.6 is 35.6 Å². The summed E-state index contributed by atoms with van der Waals surface area (Å²) < 4.78 is 1.69. The van der Waals surface area contributed by atoms with Gasteiger partial charge in [-0.25, -0.2) is 4.68 Å². The van der Waals surface area contributed by atoms with Crippen LogP contribution in [0.4, 0.5) is 5.82 Å². The minimum atomic E-state index is -0.0172. The number of carbonyl (C=O) groups excluding carboxylic acids is 1. The van der Waals surface area contributed by atoms with Crippen LogP contribution in [0.5, 0.6) is 0 Å². The SMILES string of the molecule is Cl.O=C(CC1CCCN1)Nc1ccnn1Cc1c(Cl)cccc1Cl. The van der Waals surface area contributed by atoms with E-state index in [0.29, 0.717) is 28.8 Å². The summed E-state index contributed by atoms with van der Waals surface area (Å²) in [6.07, 6.45) is 4.29. The molecule has 24 heavy (non-hydrogen) atoms. The van der Waals surface area contributed by atoms with Crippen LogP contribution in [0.2, 0.25) is 10.0 Å². The van der Waals surface area contributed by atoms with Gasteiger partial charge in [0.2, 0.25) is 5.91 Å². The maximum Gasteiger partial charge on any atom is 0.227 e. The summed E-state index contributed by atoms with van der Waals surface area (Å²) in [6, 6.07) is 7.41. The van der Waals surface area contributed by atoms with E-state index in [1.807, 2.05) is 0 Å². The van der Waals surface area contributed by atoms with Crippen molar-refractivity contribution in [2.75, 3.05) is 11.9 Å². The van der Waals surface area contributed by atoms with E-state index in [0.717, 1.165) is 24.9 Å². The molecule has 3 rings (SSSR count). The first kappa shape index (κ1) is 19.1. The highest BCUT2D eigenvalue weighted by Crippen LogP contribution is 2.26. The molecule has 2 aromatic rings. The molecule has 2 N–H and O–H groups in total. The molecule has 0 aliphatic carbocycles. The minimum Gasteiger partial charge on any atom is -0.313 e. The smallest absolute Gasteiger partial charge is 0.227 e. The number of amides is 1. The number of nitrogens with zero attached hydrogens (tertiary/aromatic N) is 2. The first-order valence-electron chi connectivity index (χ1n) is 7.61. The Bertz CT molecular complexity index is 678. The van der Waals surface area contributed by atoms with Crippen molar-refractivity contribution in [3.63, 3.8) is 0 Å². The van der Waals surface area contributed by atoms with Gasteiger partial charge >= 0.3 is 0 Å². The van der Waals surface area contributed by atoms with Crippen LogP contribution in [0.3, 0.4) is 0 Å². The molecule has 1 amide bonds. The summed E-state index contributed by atoms with van der Waals surface area (Å²) in [5, 5.41) is 11.6. The van der Waals surface area contributed by atoms with E-state index in [1.54, 1.807) is 35.1 Å². The Labute approximate surface area is 157 Å². The van der Waals surface area contributed by atoms with E-state index in [-0.39, 0.29) is 24.4 Å². The normalized spacial score (nSPS) is 16.7. The van der Waals surface area contributed by atoms with Gasteiger partial charge in [-0.1, -0.05) is 29.3 Å².